The van der Waals surface area contributed by atoms with Crippen molar-refractivity contribution in [2.45, 2.75) is 71.1 Å². The van der Waals surface area contributed by atoms with Crippen LogP contribution >= 0.6 is 54.5 Å². The average molecular weight is 1310 g/mol. The van der Waals surface area contributed by atoms with Gasteiger partial charge in [-0.05, 0) is 129 Å². The van der Waals surface area contributed by atoms with Crippen LogP contribution in [0.3, 0.4) is 0 Å². The molecule has 0 fully saturated rings. The molecule has 19 nitrogen and oxygen atoms in total. The maximum atomic E-state index is 12.3. The van der Waals surface area contributed by atoms with E-state index in [1.165, 1.54) is 20.3 Å². The number of carbonyl (C=O) groups is 7. The third kappa shape index (κ3) is 27.6. The maximum Gasteiger partial charge on any atom is 0.412 e. The molecule has 0 heterocycles. The van der Waals surface area contributed by atoms with E-state index in [4.69, 9.17) is 19.7 Å². The van der Waals surface area contributed by atoms with Gasteiger partial charge in [-0.25, -0.2) is 24.0 Å². The second-order valence-corrected chi connectivity index (χ2v) is 19.1. The molecule has 0 aromatic heterocycles. The number of rotatable bonds is 13. The van der Waals surface area contributed by atoms with Gasteiger partial charge in [0.15, 0.2) is 18.3 Å². The quantitative estimate of drug-likeness (QED) is 0.0179. The van der Waals surface area contributed by atoms with Crippen molar-refractivity contribution in [3.63, 3.8) is 0 Å². The Morgan fingerprint density at radius 1 is 0.519 bits per heavy atom. The lowest BCUT2D eigenvalue weighted by molar-refractivity contribution is -0.151. The molecule has 3 unspecified atom stereocenters. The molecule has 0 radical (unpaired) electrons. The second-order valence-electron chi connectivity index (χ2n) is 17.2. The molecule has 3 atom stereocenters. The highest BCUT2D eigenvalue weighted by molar-refractivity contribution is 14.1. The Kier molecular flexibility index (Phi) is 30.6. The molecule has 5 aromatic carbocycles. The fraction of sp³-hybridized carbons (Fsp3) is 0.255. The zero-order valence-electron chi connectivity index (χ0n) is 43.6. The normalized spacial score (nSPS) is 11.6. The largest absolute Gasteiger partial charge is 0.479 e. The number of ether oxygens (including phenoxy) is 4. The molecular formula is C55H63Br2IN4O15. The van der Waals surface area contributed by atoms with Crippen molar-refractivity contribution < 1.29 is 72.9 Å². The Labute approximate surface area is 477 Å². The van der Waals surface area contributed by atoms with Gasteiger partial charge in [-0.1, -0.05) is 134 Å². The van der Waals surface area contributed by atoms with Crippen molar-refractivity contribution in [3.8, 4) is 0 Å². The minimum Gasteiger partial charge on any atom is -0.479 e. The standard InChI is InChI=1S/C23H26N2O6.C14H18N2O3.C9H9BrO3.C8H7BrO3.CH3I/c1-23(2,3)31-22(29)25-18-8-6-5-7-17(18)24-19(26)14-11-15-9-12-16(13-10-15)20(27)21(28)30-4;1-5-12(17)15-10-8-6-7-9-11(10)16-13(18)19-14(2,3)4;1-13-9(12)8(11)6-2-4-7(10)5-3-6;9-6-3-1-5(2-4-6)7(10)8(11)12;1-2/h5-14,20,27H,1-4H3,(H,24,26)(H,25,29);5-9H,1H2,2-4H3,(H,15,17)(H,16,18);2-5,8,11H,1H3;1-4,7,10H,(H,11,12);1H3/b14-11+;;;;. The first kappa shape index (κ1) is 68.1. The predicted octanol–water partition coefficient (Wildman–Crippen LogP) is 11.3. The molecule has 414 valence electrons. The van der Waals surface area contributed by atoms with E-state index in [1.807, 2.05) is 4.93 Å². The number of carbonyl (C=O) groups excluding carboxylic acids is 6. The van der Waals surface area contributed by atoms with E-state index in [0.717, 1.165) is 15.0 Å². The summed E-state index contributed by atoms with van der Waals surface area (Å²) in [5.41, 5.74) is 2.52. The van der Waals surface area contributed by atoms with Gasteiger partial charge < -0.3 is 50.0 Å². The minimum absolute atomic E-state index is 0.349. The van der Waals surface area contributed by atoms with Crippen LogP contribution in [0.25, 0.3) is 6.08 Å². The number of aliphatic hydroxyl groups excluding tert-OH is 3. The number of hydrogen-bond donors (Lipinski definition) is 8. The van der Waals surface area contributed by atoms with E-state index in [9.17, 15) is 43.8 Å². The summed E-state index contributed by atoms with van der Waals surface area (Å²) in [7, 11) is 2.44. The first-order chi connectivity index (χ1) is 36.2. The first-order valence-corrected chi connectivity index (χ1v) is 26.4. The maximum absolute atomic E-state index is 12.3. The summed E-state index contributed by atoms with van der Waals surface area (Å²) in [4.78, 5) is 81.8. The summed E-state index contributed by atoms with van der Waals surface area (Å²) in [5, 5.41) is 47.2. The van der Waals surface area contributed by atoms with Crippen LogP contribution in [-0.2, 0) is 42.9 Å². The molecule has 0 aliphatic carbocycles. The Morgan fingerprint density at radius 3 is 1.14 bits per heavy atom. The second kappa shape index (κ2) is 34.7. The molecule has 5 aromatic rings. The highest BCUT2D eigenvalue weighted by atomic mass is 127. The zero-order valence-corrected chi connectivity index (χ0v) is 49.0. The van der Waals surface area contributed by atoms with Crippen LogP contribution in [0.1, 0.15) is 82.1 Å². The number of para-hydroxylation sites is 4. The highest BCUT2D eigenvalue weighted by Gasteiger charge is 2.21. The Balaban J connectivity index is 0.000000548. The number of carboxylic acids is 1. The van der Waals surface area contributed by atoms with Gasteiger partial charge in [-0.15, -0.1) is 0 Å². The number of benzene rings is 5. The van der Waals surface area contributed by atoms with Crippen LogP contribution in [0, 0.1) is 0 Å². The number of methoxy groups -OCH3 is 2. The number of hydrogen-bond acceptors (Lipinski definition) is 14. The molecule has 0 aliphatic rings. The van der Waals surface area contributed by atoms with E-state index in [2.05, 4.69) is 91.8 Å². The zero-order chi connectivity index (χ0) is 58.5. The molecular weight excluding hydrogens is 1240 g/mol. The van der Waals surface area contributed by atoms with E-state index in [0.29, 0.717) is 45.0 Å². The topological polar surface area (TPSA) is 285 Å². The van der Waals surface area contributed by atoms with Gasteiger partial charge in [0.05, 0.1) is 37.0 Å². The monoisotopic (exact) mass is 1300 g/mol. The van der Waals surface area contributed by atoms with Crippen molar-refractivity contribution in [2.75, 3.05) is 40.4 Å². The Hall–Kier alpha value is -6.96. The van der Waals surface area contributed by atoms with Gasteiger partial charge in [-0.3, -0.25) is 20.2 Å². The molecule has 4 amide bonds. The van der Waals surface area contributed by atoms with Crippen LogP contribution in [-0.4, -0.2) is 92.7 Å². The smallest absolute Gasteiger partial charge is 0.412 e. The lowest BCUT2D eigenvalue weighted by Gasteiger charge is -2.20. The van der Waals surface area contributed by atoms with Gasteiger partial charge in [0.2, 0.25) is 11.8 Å². The molecule has 0 spiro atoms. The fourth-order valence-corrected chi connectivity index (χ4v) is 6.01. The number of nitrogens with one attached hydrogen (secondary N) is 4. The summed E-state index contributed by atoms with van der Waals surface area (Å²) in [5.74, 6) is -3.39. The summed E-state index contributed by atoms with van der Waals surface area (Å²) >= 11 is 8.60. The minimum atomic E-state index is -1.43. The van der Waals surface area contributed by atoms with Crippen LogP contribution in [0.5, 0.6) is 0 Å². The number of carboxylic acid groups (broad SMARTS) is 1. The number of alkyl halides is 1. The van der Waals surface area contributed by atoms with Crippen molar-refractivity contribution in [1.29, 1.82) is 0 Å². The highest BCUT2D eigenvalue weighted by Crippen LogP contribution is 2.25. The third-order valence-electron chi connectivity index (χ3n) is 8.96. The summed E-state index contributed by atoms with van der Waals surface area (Å²) in [6.45, 7) is 14.0. The first-order valence-electron chi connectivity index (χ1n) is 22.7. The molecule has 0 bridgehead atoms. The molecule has 77 heavy (non-hydrogen) atoms. The van der Waals surface area contributed by atoms with E-state index >= 15 is 0 Å². The van der Waals surface area contributed by atoms with E-state index in [-0.39, 0.29) is 5.91 Å². The SMILES string of the molecule is C=CC(=O)Nc1ccccc1NC(=O)OC(C)(C)C.CI.COC(=O)C(O)c1ccc(/C=C/C(=O)Nc2ccccc2NC(=O)OC(C)(C)C)cc1.COC(=O)C(O)c1ccc(Br)cc1.O=C(O)C(O)c1ccc(Br)cc1. The van der Waals surface area contributed by atoms with Gasteiger partial charge in [0.1, 0.15) is 11.2 Å². The number of aliphatic carboxylic acids is 1. The number of aliphatic hydroxyl groups is 3. The van der Waals surface area contributed by atoms with Gasteiger partial charge in [0, 0.05) is 15.0 Å². The van der Waals surface area contributed by atoms with Gasteiger partial charge >= 0.3 is 30.1 Å². The lowest BCUT2D eigenvalue weighted by atomic mass is 10.1. The number of esters is 2. The third-order valence-corrected chi connectivity index (χ3v) is 10.0. The van der Waals surface area contributed by atoms with Crippen molar-refractivity contribution in [2.24, 2.45) is 0 Å². The Bertz CT molecular complexity index is 2750. The van der Waals surface area contributed by atoms with Crippen molar-refractivity contribution >= 4 is 125 Å². The number of anilines is 4. The van der Waals surface area contributed by atoms with E-state index < -0.39 is 65.5 Å². The van der Waals surface area contributed by atoms with Crippen molar-refractivity contribution in [1.82, 2.24) is 0 Å². The molecule has 0 saturated carbocycles. The number of halogens is 3. The Morgan fingerprint density at radius 2 is 0.831 bits per heavy atom. The van der Waals surface area contributed by atoms with Crippen LogP contribution < -0.4 is 21.3 Å². The van der Waals surface area contributed by atoms with Crippen molar-refractivity contribution in [3.05, 3.63) is 171 Å². The summed E-state index contributed by atoms with van der Waals surface area (Å²) < 4.78 is 21.0. The fourth-order valence-electron chi connectivity index (χ4n) is 5.48. The van der Waals surface area contributed by atoms with Crippen LogP contribution in [0.15, 0.2) is 149 Å². The summed E-state index contributed by atoms with van der Waals surface area (Å²) in [6.07, 6.45) is -1.13. The molecule has 22 heteroatoms. The van der Waals surface area contributed by atoms with Crippen LogP contribution in [0.2, 0.25) is 0 Å². The predicted molar refractivity (Wildman–Crippen MR) is 310 cm³/mol. The number of amides is 4. The van der Waals surface area contributed by atoms with E-state index in [1.54, 1.807) is 169 Å². The molecule has 0 aliphatic heterocycles. The van der Waals surface area contributed by atoms with Crippen LogP contribution in [0.4, 0.5) is 32.3 Å². The summed E-state index contributed by atoms with van der Waals surface area (Å²) in [6, 6.07) is 33.3. The van der Waals surface area contributed by atoms with Gasteiger partial charge in [0.25, 0.3) is 0 Å². The molecule has 5 rings (SSSR count). The molecule has 0 saturated heterocycles. The molecule has 8 N–H and O–H groups in total. The van der Waals surface area contributed by atoms with Gasteiger partial charge in [-0.2, -0.15) is 0 Å². The average Bonchev–Trinajstić information content (AvgIpc) is 3.38. The lowest BCUT2D eigenvalue weighted by Crippen LogP contribution is -2.27.